The number of ether oxygens (including phenoxy) is 1. The molecule has 0 aromatic heterocycles. The summed E-state index contributed by atoms with van der Waals surface area (Å²) in [5.41, 5.74) is 2.89. The Morgan fingerprint density at radius 3 is 2.76 bits per heavy atom. The first-order valence-electron chi connectivity index (χ1n) is 7.76. The monoisotopic (exact) mass is 359 g/mol. The van der Waals surface area contributed by atoms with Crippen molar-refractivity contribution in [1.29, 1.82) is 0 Å². The quantitative estimate of drug-likeness (QED) is 0.763. The minimum atomic E-state index is -0.198. The van der Waals surface area contributed by atoms with Gasteiger partial charge in [-0.25, -0.2) is 0 Å². The lowest BCUT2D eigenvalue weighted by atomic mass is 9.84. The summed E-state index contributed by atoms with van der Waals surface area (Å²) in [4.78, 5) is 12.1. The maximum atomic E-state index is 12.1. The number of aromatic hydroxyl groups is 2. The Balaban J connectivity index is 2.07. The van der Waals surface area contributed by atoms with Crippen LogP contribution in [0.4, 0.5) is 5.69 Å². The number of halogens is 1. The minimum absolute atomic E-state index is 0.0312. The molecule has 2 aromatic carbocycles. The van der Waals surface area contributed by atoms with E-state index in [1.165, 1.54) is 19.2 Å². The molecule has 1 amide bonds. The Hall–Kier alpha value is -2.66. The molecule has 0 spiro atoms. The van der Waals surface area contributed by atoms with Crippen LogP contribution >= 0.6 is 11.6 Å². The first-order valence-corrected chi connectivity index (χ1v) is 8.14. The molecule has 0 radical (unpaired) electrons. The maximum absolute atomic E-state index is 12.1. The summed E-state index contributed by atoms with van der Waals surface area (Å²) in [5.74, 6) is 0.101. The molecular formula is C19H18ClNO4. The van der Waals surface area contributed by atoms with Gasteiger partial charge in [-0.05, 0) is 36.8 Å². The van der Waals surface area contributed by atoms with Crippen LogP contribution < -0.4 is 10.1 Å². The molecule has 1 heterocycles. The van der Waals surface area contributed by atoms with Gasteiger partial charge in [-0.3, -0.25) is 4.79 Å². The third-order valence-corrected chi connectivity index (χ3v) is 4.55. The number of hydrogen-bond acceptors (Lipinski definition) is 4. The Morgan fingerprint density at radius 1 is 1.28 bits per heavy atom. The van der Waals surface area contributed by atoms with Gasteiger partial charge in [0.15, 0.2) is 11.5 Å². The molecule has 0 fully saturated rings. The van der Waals surface area contributed by atoms with Crippen LogP contribution in [0.3, 0.4) is 0 Å². The zero-order valence-corrected chi connectivity index (χ0v) is 14.6. The number of carbonyl (C=O) groups is 1. The molecule has 0 bridgehead atoms. The van der Waals surface area contributed by atoms with Crippen LogP contribution in [-0.4, -0.2) is 23.2 Å². The van der Waals surface area contributed by atoms with Gasteiger partial charge in [-0.1, -0.05) is 23.3 Å². The van der Waals surface area contributed by atoms with E-state index in [0.717, 1.165) is 11.1 Å². The zero-order chi connectivity index (χ0) is 18.1. The van der Waals surface area contributed by atoms with Gasteiger partial charge in [0.2, 0.25) is 5.91 Å². The van der Waals surface area contributed by atoms with Gasteiger partial charge >= 0.3 is 0 Å². The number of nitrogens with one attached hydrogen (secondary N) is 1. The lowest BCUT2D eigenvalue weighted by molar-refractivity contribution is -0.116. The fraction of sp³-hybridized carbons (Fsp3) is 0.211. The first-order chi connectivity index (χ1) is 11.9. The summed E-state index contributed by atoms with van der Waals surface area (Å²) in [7, 11) is 1.48. The average molecular weight is 360 g/mol. The van der Waals surface area contributed by atoms with Crippen molar-refractivity contribution in [3.8, 4) is 17.2 Å². The van der Waals surface area contributed by atoms with E-state index >= 15 is 0 Å². The molecular weight excluding hydrogens is 342 g/mol. The first kappa shape index (κ1) is 17.2. The van der Waals surface area contributed by atoms with E-state index in [1.54, 1.807) is 18.2 Å². The van der Waals surface area contributed by atoms with Gasteiger partial charge in [-0.15, -0.1) is 0 Å². The number of allylic oxidation sites excluding steroid dienone is 1. The number of rotatable bonds is 3. The smallest absolute Gasteiger partial charge is 0.225 e. The van der Waals surface area contributed by atoms with Crippen molar-refractivity contribution in [2.45, 2.75) is 19.3 Å². The highest BCUT2D eigenvalue weighted by molar-refractivity contribution is 6.30. The van der Waals surface area contributed by atoms with E-state index in [0.29, 0.717) is 22.0 Å². The predicted octanol–water partition coefficient (Wildman–Crippen LogP) is 4.29. The summed E-state index contributed by atoms with van der Waals surface area (Å²) >= 11 is 6.00. The van der Waals surface area contributed by atoms with Crippen molar-refractivity contribution in [3.05, 3.63) is 52.1 Å². The Bertz CT molecular complexity index is 876. The van der Waals surface area contributed by atoms with Crippen molar-refractivity contribution < 1.29 is 19.7 Å². The number of phenolic OH excluding ortho intramolecular Hbond substituents is 2. The molecule has 1 aliphatic rings. The predicted molar refractivity (Wildman–Crippen MR) is 97.4 cm³/mol. The second-order valence-corrected chi connectivity index (χ2v) is 6.44. The van der Waals surface area contributed by atoms with Gasteiger partial charge in [0.25, 0.3) is 0 Å². The molecule has 1 unspecified atom stereocenters. The summed E-state index contributed by atoms with van der Waals surface area (Å²) in [6.45, 7) is 1.90. The number of benzene rings is 2. The second-order valence-electron chi connectivity index (χ2n) is 6.01. The SMILES string of the molecule is COc1cc2c(cc1O)NC(=O)CC2/C(C)=C/c1cc(Cl)ccc1O. The molecule has 0 saturated carbocycles. The van der Waals surface area contributed by atoms with Crippen LogP contribution in [0.2, 0.25) is 5.02 Å². The number of hydrogen-bond donors (Lipinski definition) is 3. The Labute approximate surface area is 150 Å². The number of anilines is 1. The number of methoxy groups -OCH3 is 1. The minimum Gasteiger partial charge on any atom is -0.507 e. The molecule has 25 heavy (non-hydrogen) atoms. The van der Waals surface area contributed by atoms with E-state index in [4.69, 9.17) is 16.3 Å². The second kappa shape index (κ2) is 6.69. The van der Waals surface area contributed by atoms with Crippen LogP contribution in [0.5, 0.6) is 17.2 Å². The average Bonchev–Trinajstić information content (AvgIpc) is 2.56. The maximum Gasteiger partial charge on any atom is 0.225 e. The van der Waals surface area contributed by atoms with Gasteiger partial charge in [0.05, 0.1) is 7.11 Å². The van der Waals surface area contributed by atoms with E-state index < -0.39 is 0 Å². The summed E-state index contributed by atoms with van der Waals surface area (Å²) < 4.78 is 5.18. The van der Waals surface area contributed by atoms with Crippen molar-refractivity contribution in [1.82, 2.24) is 0 Å². The third kappa shape index (κ3) is 3.42. The molecule has 0 saturated heterocycles. The van der Waals surface area contributed by atoms with Gasteiger partial charge < -0.3 is 20.3 Å². The molecule has 5 nitrogen and oxygen atoms in total. The molecule has 2 aromatic rings. The zero-order valence-electron chi connectivity index (χ0n) is 13.8. The van der Waals surface area contributed by atoms with E-state index in [-0.39, 0.29) is 29.7 Å². The highest BCUT2D eigenvalue weighted by atomic mass is 35.5. The van der Waals surface area contributed by atoms with Crippen molar-refractivity contribution in [2.24, 2.45) is 0 Å². The van der Waals surface area contributed by atoms with Crippen molar-refractivity contribution in [2.75, 3.05) is 12.4 Å². The van der Waals surface area contributed by atoms with Crippen LogP contribution in [0, 0.1) is 0 Å². The van der Waals surface area contributed by atoms with Crippen molar-refractivity contribution >= 4 is 29.3 Å². The van der Waals surface area contributed by atoms with Crippen LogP contribution in [0.15, 0.2) is 35.9 Å². The Morgan fingerprint density at radius 2 is 2.04 bits per heavy atom. The van der Waals surface area contributed by atoms with Gasteiger partial charge in [-0.2, -0.15) is 0 Å². The standard InChI is InChI=1S/C19H18ClNO4/c1-10(5-11-6-12(20)3-4-16(11)22)13-8-19(24)21-15-9-17(23)18(25-2)7-14(13)15/h3-7,9,13,22-23H,8H2,1-2H3,(H,21,24)/b10-5+. The number of amides is 1. The van der Waals surface area contributed by atoms with Gasteiger partial charge in [0.1, 0.15) is 5.75 Å². The molecule has 1 aliphatic heterocycles. The van der Waals surface area contributed by atoms with E-state index in [2.05, 4.69) is 5.32 Å². The van der Waals surface area contributed by atoms with Crippen LogP contribution in [-0.2, 0) is 4.79 Å². The third-order valence-electron chi connectivity index (χ3n) is 4.31. The summed E-state index contributed by atoms with van der Waals surface area (Å²) in [6.07, 6.45) is 2.08. The lowest BCUT2D eigenvalue weighted by Gasteiger charge is -2.27. The highest BCUT2D eigenvalue weighted by Crippen LogP contribution is 2.43. The van der Waals surface area contributed by atoms with E-state index in [9.17, 15) is 15.0 Å². The molecule has 1 atom stereocenters. The van der Waals surface area contributed by atoms with E-state index in [1.807, 2.05) is 13.0 Å². The summed E-state index contributed by atoms with van der Waals surface area (Å²) in [6, 6.07) is 8.03. The number of carbonyl (C=O) groups excluding carboxylic acids is 1. The Kier molecular flexibility index (Phi) is 4.59. The molecule has 6 heteroatoms. The molecule has 130 valence electrons. The highest BCUT2D eigenvalue weighted by Gasteiger charge is 2.28. The number of phenols is 2. The topological polar surface area (TPSA) is 78.8 Å². The fourth-order valence-corrected chi connectivity index (χ4v) is 3.21. The number of fused-ring (bicyclic) bond motifs is 1. The lowest BCUT2D eigenvalue weighted by Crippen LogP contribution is -2.23. The van der Waals surface area contributed by atoms with Crippen LogP contribution in [0.25, 0.3) is 6.08 Å². The molecule has 0 aliphatic carbocycles. The van der Waals surface area contributed by atoms with Crippen molar-refractivity contribution in [3.63, 3.8) is 0 Å². The van der Waals surface area contributed by atoms with Gasteiger partial charge in [0, 0.05) is 34.7 Å². The fourth-order valence-electron chi connectivity index (χ4n) is 3.03. The van der Waals surface area contributed by atoms with Crippen LogP contribution in [0.1, 0.15) is 30.4 Å². The molecule has 3 N–H and O–H groups in total. The molecule has 3 rings (SSSR count). The largest absolute Gasteiger partial charge is 0.507 e. The summed E-state index contributed by atoms with van der Waals surface area (Å²) in [5, 5.41) is 23.2. The normalized spacial score (nSPS) is 17.0.